The monoisotopic (exact) mass is 169 g/mol. The first-order valence-electron chi connectivity index (χ1n) is 5.17. The zero-order valence-electron chi connectivity index (χ0n) is 7.96. The van der Waals surface area contributed by atoms with Crippen LogP contribution in [0.4, 0.5) is 0 Å². The van der Waals surface area contributed by atoms with Crippen molar-refractivity contribution in [1.82, 2.24) is 4.90 Å². The maximum absolute atomic E-state index is 5.28. The predicted octanol–water partition coefficient (Wildman–Crippen LogP) is 1.65. The Bertz CT molecular complexity index is 137. The lowest BCUT2D eigenvalue weighted by atomic mass is 9.87. The molecule has 70 valence electrons. The summed E-state index contributed by atoms with van der Waals surface area (Å²) >= 11 is 0. The highest BCUT2D eigenvalue weighted by Gasteiger charge is 2.33. The van der Waals surface area contributed by atoms with Gasteiger partial charge in [0.2, 0.25) is 0 Å². The number of likely N-dealkylation sites (tertiary alicyclic amines) is 1. The Morgan fingerprint density at radius 2 is 1.75 bits per heavy atom. The summed E-state index contributed by atoms with van der Waals surface area (Å²) in [6, 6.07) is 0.857. The molecule has 0 amide bonds. The summed E-state index contributed by atoms with van der Waals surface area (Å²) in [5, 5.41) is 0. The lowest BCUT2D eigenvalue weighted by molar-refractivity contribution is -0.0321. The number of ether oxygens (including phenoxy) is 1. The van der Waals surface area contributed by atoms with Gasteiger partial charge in [-0.1, -0.05) is 6.42 Å². The highest BCUT2D eigenvalue weighted by Crippen LogP contribution is 2.29. The number of piperidine rings is 1. The van der Waals surface area contributed by atoms with Crippen LogP contribution in [-0.2, 0) is 4.74 Å². The molecular formula is C10H19NO. The summed E-state index contributed by atoms with van der Waals surface area (Å²) in [6.07, 6.45) is 7.38. The summed E-state index contributed by atoms with van der Waals surface area (Å²) in [4.78, 5) is 2.65. The zero-order chi connectivity index (χ0) is 8.39. The first kappa shape index (κ1) is 8.52. The van der Waals surface area contributed by atoms with E-state index < -0.39 is 0 Å². The summed E-state index contributed by atoms with van der Waals surface area (Å²) in [5.41, 5.74) is 0. The Labute approximate surface area is 74.9 Å². The number of hydrogen-bond acceptors (Lipinski definition) is 2. The van der Waals surface area contributed by atoms with Crippen LogP contribution in [0.3, 0.4) is 0 Å². The molecule has 12 heavy (non-hydrogen) atoms. The molecule has 0 atom stereocenters. The molecule has 0 spiro atoms. The summed E-state index contributed by atoms with van der Waals surface area (Å²) in [5.74, 6) is 0. The SMILES string of the molecule is COC1CC(N2CCCCC2)C1. The molecule has 0 radical (unpaired) electrons. The van der Waals surface area contributed by atoms with E-state index >= 15 is 0 Å². The minimum atomic E-state index is 0.567. The van der Waals surface area contributed by atoms with E-state index in [1.807, 2.05) is 7.11 Å². The normalized spacial score (nSPS) is 37.8. The molecule has 0 aromatic heterocycles. The number of hydrogen-bond donors (Lipinski definition) is 0. The van der Waals surface area contributed by atoms with Gasteiger partial charge in [0.1, 0.15) is 0 Å². The van der Waals surface area contributed by atoms with Gasteiger partial charge in [0.15, 0.2) is 0 Å². The van der Waals surface area contributed by atoms with Crippen molar-refractivity contribution in [2.45, 2.75) is 44.2 Å². The first-order chi connectivity index (χ1) is 5.90. The zero-order valence-corrected chi connectivity index (χ0v) is 7.96. The lowest BCUT2D eigenvalue weighted by Crippen LogP contribution is -2.49. The van der Waals surface area contributed by atoms with Gasteiger partial charge in [-0.05, 0) is 38.8 Å². The number of rotatable bonds is 2. The maximum Gasteiger partial charge on any atom is 0.0601 e. The Kier molecular flexibility index (Phi) is 2.66. The highest BCUT2D eigenvalue weighted by molar-refractivity contribution is 4.88. The van der Waals surface area contributed by atoms with Crippen LogP contribution in [0.25, 0.3) is 0 Å². The van der Waals surface area contributed by atoms with Crippen LogP contribution in [-0.4, -0.2) is 37.2 Å². The van der Waals surface area contributed by atoms with Crippen molar-refractivity contribution >= 4 is 0 Å². The molecule has 1 saturated heterocycles. The molecule has 1 aliphatic heterocycles. The summed E-state index contributed by atoms with van der Waals surface area (Å²) < 4.78 is 5.28. The molecule has 2 aliphatic rings. The van der Waals surface area contributed by atoms with Gasteiger partial charge >= 0.3 is 0 Å². The van der Waals surface area contributed by atoms with Crippen LogP contribution in [0.2, 0.25) is 0 Å². The van der Waals surface area contributed by atoms with Gasteiger partial charge in [0, 0.05) is 13.2 Å². The molecule has 0 bridgehead atoms. The van der Waals surface area contributed by atoms with Crippen LogP contribution in [0.15, 0.2) is 0 Å². The molecule has 2 heteroatoms. The van der Waals surface area contributed by atoms with Gasteiger partial charge < -0.3 is 9.64 Å². The minimum absolute atomic E-state index is 0.567. The van der Waals surface area contributed by atoms with Crippen molar-refractivity contribution in [3.63, 3.8) is 0 Å². The second kappa shape index (κ2) is 3.75. The van der Waals surface area contributed by atoms with Crippen LogP contribution < -0.4 is 0 Å². The molecule has 1 heterocycles. The van der Waals surface area contributed by atoms with Crippen LogP contribution >= 0.6 is 0 Å². The molecule has 0 unspecified atom stereocenters. The Hall–Kier alpha value is -0.0800. The fourth-order valence-corrected chi connectivity index (χ4v) is 2.31. The largest absolute Gasteiger partial charge is 0.381 e. The standard InChI is InChI=1S/C10H19NO/c1-12-10-7-9(8-10)11-5-3-2-4-6-11/h9-10H,2-8H2,1H3. The first-order valence-corrected chi connectivity index (χ1v) is 5.17. The maximum atomic E-state index is 5.28. The summed E-state index contributed by atoms with van der Waals surface area (Å²) in [6.45, 7) is 2.67. The molecule has 2 rings (SSSR count). The quantitative estimate of drug-likeness (QED) is 0.623. The van der Waals surface area contributed by atoms with Crippen LogP contribution in [0.1, 0.15) is 32.1 Å². The molecule has 0 N–H and O–H groups in total. The highest BCUT2D eigenvalue weighted by atomic mass is 16.5. The average Bonchev–Trinajstić information content (AvgIpc) is 2.04. The van der Waals surface area contributed by atoms with Crippen molar-refractivity contribution in [2.24, 2.45) is 0 Å². The van der Waals surface area contributed by atoms with Gasteiger partial charge in [0.05, 0.1) is 6.10 Å². The molecule has 1 aliphatic carbocycles. The van der Waals surface area contributed by atoms with Gasteiger partial charge in [-0.15, -0.1) is 0 Å². The smallest absolute Gasteiger partial charge is 0.0601 e. The van der Waals surface area contributed by atoms with E-state index in [1.165, 1.54) is 45.2 Å². The van der Waals surface area contributed by atoms with E-state index in [1.54, 1.807) is 0 Å². The van der Waals surface area contributed by atoms with Crippen molar-refractivity contribution in [3.05, 3.63) is 0 Å². The molecule has 0 aromatic rings. The third-order valence-electron chi connectivity index (χ3n) is 3.31. The minimum Gasteiger partial charge on any atom is -0.381 e. The van der Waals surface area contributed by atoms with Crippen molar-refractivity contribution in [2.75, 3.05) is 20.2 Å². The molecule has 0 aromatic carbocycles. The summed E-state index contributed by atoms with van der Waals surface area (Å²) in [7, 11) is 1.83. The second-order valence-corrected chi connectivity index (χ2v) is 4.08. The lowest BCUT2D eigenvalue weighted by Gasteiger charge is -2.43. The fourth-order valence-electron chi connectivity index (χ4n) is 2.31. The predicted molar refractivity (Wildman–Crippen MR) is 49.2 cm³/mol. The van der Waals surface area contributed by atoms with E-state index in [2.05, 4.69) is 4.90 Å². The molecule has 2 fully saturated rings. The van der Waals surface area contributed by atoms with Crippen LogP contribution in [0.5, 0.6) is 0 Å². The Morgan fingerprint density at radius 1 is 1.08 bits per heavy atom. The van der Waals surface area contributed by atoms with E-state index in [0.717, 1.165) is 6.04 Å². The fraction of sp³-hybridized carbons (Fsp3) is 1.00. The van der Waals surface area contributed by atoms with Crippen molar-refractivity contribution in [1.29, 1.82) is 0 Å². The third-order valence-corrected chi connectivity index (χ3v) is 3.31. The Balaban J connectivity index is 1.72. The van der Waals surface area contributed by atoms with Crippen LogP contribution in [0, 0.1) is 0 Å². The van der Waals surface area contributed by atoms with Gasteiger partial charge in [0.25, 0.3) is 0 Å². The number of methoxy groups -OCH3 is 1. The second-order valence-electron chi connectivity index (χ2n) is 4.08. The molecular weight excluding hydrogens is 150 g/mol. The van der Waals surface area contributed by atoms with Gasteiger partial charge in [-0.25, -0.2) is 0 Å². The van der Waals surface area contributed by atoms with Crippen molar-refractivity contribution in [3.8, 4) is 0 Å². The third kappa shape index (κ3) is 1.64. The average molecular weight is 169 g/mol. The van der Waals surface area contributed by atoms with E-state index in [0.29, 0.717) is 6.10 Å². The van der Waals surface area contributed by atoms with Crippen molar-refractivity contribution < 1.29 is 4.74 Å². The van der Waals surface area contributed by atoms with Gasteiger partial charge in [-0.2, -0.15) is 0 Å². The molecule has 2 nitrogen and oxygen atoms in total. The van der Waals surface area contributed by atoms with E-state index in [-0.39, 0.29) is 0 Å². The van der Waals surface area contributed by atoms with E-state index in [4.69, 9.17) is 4.74 Å². The Morgan fingerprint density at radius 3 is 2.33 bits per heavy atom. The molecule has 1 saturated carbocycles. The number of nitrogens with zero attached hydrogens (tertiary/aromatic N) is 1. The van der Waals surface area contributed by atoms with E-state index in [9.17, 15) is 0 Å². The topological polar surface area (TPSA) is 12.5 Å². The van der Waals surface area contributed by atoms with Gasteiger partial charge in [-0.3, -0.25) is 0 Å².